The van der Waals surface area contributed by atoms with Crippen molar-refractivity contribution in [2.45, 2.75) is 6.92 Å². The Hall–Kier alpha value is -2.90. The van der Waals surface area contributed by atoms with Gasteiger partial charge in [0.05, 0.1) is 17.6 Å². The predicted octanol–water partition coefficient (Wildman–Crippen LogP) is 2.16. The van der Waals surface area contributed by atoms with Crippen LogP contribution in [0.3, 0.4) is 0 Å². The lowest BCUT2D eigenvalue weighted by atomic mass is 10.2. The van der Waals surface area contributed by atoms with Gasteiger partial charge in [-0.25, -0.2) is 4.79 Å². The molecule has 0 fully saturated rings. The molecule has 2 aromatic rings. The minimum Gasteiger partial charge on any atom is -0.465 e. The summed E-state index contributed by atoms with van der Waals surface area (Å²) in [5, 5.41) is 20.1. The van der Waals surface area contributed by atoms with E-state index in [0.717, 1.165) is 0 Å². The van der Waals surface area contributed by atoms with Gasteiger partial charge >= 0.3 is 11.7 Å². The third-order valence-corrected chi connectivity index (χ3v) is 2.67. The molecule has 0 saturated heterocycles. The lowest BCUT2D eigenvalue weighted by molar-refractivity contribution is -0.384. The maximum absolute atomic E-state index is 11.3. The molecule has 1 heterocycles. The summed E-state index contributed by atoms with van der Waals surface area (Å²) in [6, 6.07) is 6.33. The molecule has 0 unspecified atom stereocenters. The van der Waals surface area contributed by atoms with Gasteiger partial charge in [0.2, 0.25) is 5.82 Å². The fraction of sp³-hybridized carbons (Fsp3) is 0.167. The maximum Gasteiger partial charge on any atom is 0.337 e. The largest absolute Gasteiger partial charge is 0.465 e. The summed E-state index contributed by atoms with van der Waals surface area (Å²) in [5.41, 5.74) is 1.23. The number of nitro groups is 1. The second-order valence-electron chi connectivity index (χ2n) is 4.00. The molecule has 0 bridgehead atoms. The Morgan fingerprint density at radius 1 is 1.40 bits per heavy atom. The SMILES string of the molecule is COC(=O)c1ccc(Nc2n[nH]c(C)c2[N+](=O)[O-])cc1. The first kappa shape index (κ1) is 13.5. The van der Waals surface area contributed by atoms with E-state index in [2.05, 4.69) is 20.3 Å². The standard InChI is InChI=1S/C12H12N4O4/c1-7-10(16(18)19)11(15-14-7)13-9-5-3-8(4-6-9)12(17)20-2/h3-6H,1-2H3,(H2,13,14,15). The Bertz CT molecular complexity index is 648. The normalized spacial score (nSPS) is 10.1. The number of nitrogens with zero attached hydrogens (tertiary/aromatic N) is 2. The zero-order chi connectivity index (χ0) is 14.7. The summed E-state index contributed by atoms with van der Waals surface area (Å²) in [6.07, 6.45) is 0. The second kappa shape index (κ2) is 5.39. The predicted molar refractivity (Wildman–Crippen MR) is 71.0 cm³/mol. The number of rotatable bonds is 4. The first-order chi connectivity index (χ1) is 9.52. The number of H-pyrrole nitrogens is 1. The van der Waals surface area contributed by atoms with Crippen molar-refractivity contribution in [1.29, 1.82) is 0 Å². The van der Waals surface area contributed by atoms with Crippen molar-refractivity contribution in [1.82, 2.24) is 10.2 Å². The third-order valence-electron chi connectivity index (χ3n) is 2.67. The molecule has 0 radical (unpaired) electrons. The van der Waals surface area contributed by atoms with Gasteiger partial charge in [0.15, 0.2) is 0 Å². The lowest BCUT2D eigenvalue weighted by Crippen LogP contribution is -2.01. The number of aryl methyl sites for hydroxylation is 1. The number of benzene rings is 1. The van der Waals surface area contributed by atoms with Crippen LogP contribution in [0, 0.1) is 17.0 Å². The quantitative estimate of drug-likeness (QED) is 0.503. The highest BCUT2D eigenvalue weighted by atomic mass is 16.6. The summed E-state index contributed by atoms with van der Waals surface area (Å²) >= 11 is 0. The molecule has 2 N–H and O–H groups in total. The first-order valence-electron chi connectivity index (χ1n) is 5.67. The molecule has 2 rings (SSSR count). The molecule has 8 nitrogen and oxygen atoms in total. The van der Waals surface area contributed by atoms with Crippen LogP contribution in [-0.2, 0) is 4.74 Å². The highest BCUT2D eigenvalue weighted by molar-refractivity contribution is 5.89. The zero-order valence-electron chi connectivity index (χ0n) is 10.8. The minimum atomic E-state index is -0.510. The second-order valence-corrected chi connectivity index (χ2v) is 4.00. The van der Waals surface area contributed by atoms with Crippen LogP contribution in [0.1, 0.15) is 16.1 Å². The number of aromatic nitrogens is 2. The highest BCUT2D eigenvalue weighted by Crippen LogP contribution is 2.28. The Balaban J connectivity index is 2.23. The minimum absolute atomic E-state index is 0.109. The number of anilines is 2. The van der Waals surface area contributed by atoms with Crippen LogP contribution in [0.15, 0.2) is 24.3 Å². The molecule has 0 atom stereocenters. The molecule has 0 saturated carbocycles. The van der Waals surface area contributed by atoms with Crippen molar-refractivity contribution >= 4 is 23.2 Å². The Morgan fingerprint density at radius 2 is 2.05 bits per heavy atom. The first-order valence-corrected chi connectivity index (χ1v) is 5.67. The van der Waals surface area contributed by atoms with Crippen LogP contribution in [0.4, 0.5) is 17.2 Å². The number of hydrogen-bond acceptors (Lipinski definition) is 6. The molecule has 8 heteroatoms. The van der Waals surface area contributed by atoms with Crippen molar-refractivity contribution in [3.8, 4) is 0 Å². The van der Waals surface area contributed by atoms with Gasteiger partial charge in [-0.15, -0.1) is 5.10 Å². The van der Waals surface area contributed by atoms with Crippen molar-refractivity contribution < 1.29 is 14.5 Å². The highest BCUT2D eigenvalue weighted by Gasteiger charge is 2.21. The fourth-order valence-corrected chi connectivity index (χ4v) is 1.68. The molecule has 0 spiro atoms. The number of esters is 1. The summed E-state index contributed by atoms with van der Waals surface area (Å²) < 4.78 is 4.58. The summed E-state index contributed by atoms with van der Waals surface area (Å²) in [5.74, 6) is -0.323. The molecule has 1 aromatic heterocycles. The van der Waals surface area contributed by atoms with Crippen LogP contribution in [0.2, 0.25) is 0 Å². The van der Waals surface area contributed by atoms with E-state index in [0.29, 0.717) is 16.9 Å². The van der Waals surface area contributed by atoms with E-state index in [1.54, 1.807) is 31.2 Å². The number of methoxy groups -OCH3 is 1. The van der Waals surface area contributed by atoms with Gasteiger partial charge in [-0.05, 0) is 31.2 Å². The van der Waals surface area contributed by atoms with Crippen molar-refractivity contribution in [2.75, 3.05) is 12.4 Å². The van der Waals surface area contributed by atoms with Crippen molar-refractivity contribution in [3.63, 3.8) is 0 Å². The van der Waals surface area contributed by atoms with Crippen LogP contribution in [0.25, 0.3) is 0 Å². The van der Waals surface area contributed by atoms with Gasteiger partial charge in [-0.1, -0.05) is 0 Å². The molecule has 0 aliphatic rings. The number of nitrogens with one attached hydrogen (secondary N) is 2. The van der Waals surface area contributed by atoms with Crippen molar-refractivity contribution in [2.24, 2.45) is 0 Å². The number of carbonyl (C=O) groups excluding carboxylic acids is 1. The summed E-state index contributed by atoms with van der Waals surface area (Å²) in [7, 11) is 1.30. The number of hydrogen-bond donors (Lipinski definition) is 2. The van der Waals surface area contributed by atoms with E-state index in [1.807, 2.05) is 0 Å². The Morgan fingerprint density at radius 3 is 2.60 bits per heavy atom. The molecule has 0 amide bonds. The maximum atomic E-state index is 11.3. The molecule has 0 aliphatic heterocycles. The number of aromatic amines is 1. The van der Waals surface area contributed by atoms with E-state index in [-0.39, 0.29) is 11.5 Å². The smallest absolute Gasteiger partial charge is 0.337 e. The van der Waals surface area contributed by atoms with E-state index in [4.69, 9.17) is 0 Å². The van der Waals surface area contributed by atoms with Crippen LogP contribution < -0.4 is 5.32 Å². The summed E-state index contributed by atoms with van der Waals surface area (Å²) in [4.78, 5) is 21.7. The van der Waals surface area contributed by atoms with E-state index < -0.39 is 10.9 Å². The summed E-state index contributed by atoms with van der Waals surface area (Å²) in [6.45, 7) is 1.57. The van der Waals surface area contributed by atoms with Crippen molar-refractivity contribution in [3.05, 3.63) is 45.6 Å². The molecular formula is C12H12N4O4. The van der Waals surface area contributed by atoms with Gasteiger partial charge in [0.25, 0.3) is 0 Å². The number of ether oxygens (including phenoxy) is 1. The zero-order valence-corrected chi connectivity index (χ0v) is 10.8. The van der Waals surface area contributed by atoms with Gasteiger partial charge in [-0.2, -0.15) is 0 Å². The van der Waals surface area contributed by atoms with Crippen LogP contribution in [0.5, 0.6) is 0 Å². The van der Waals surface area contributed by atoms with Crippen LogP contribution >= 0.6 is 0 Å². The van der Waals surface area contributed by atoms with Gasteiger partial charge < -0.3 is 10.1 Å². The Labute approximate surface area is 113 Å². The fourth-order valence-electron chi connectivity index (χ4n) is 1.68. The monoisotopic (exact) mass is 276 g/mol. The lowest BCUT2D eigenvalue weighted by Gasteiger charge is -2.04. The average molecular weight is 276 g/mol. The molecular weight excluding hydrogens is 264 g/mol. The van der Waals surface area contributed by atoms with Crippen LogP contribution in [-0.4, -0.2) is 28.2 Å². The molecule has 0 aliphatic carbocycles. The van der Waals surface area contributed by atoms with E-state index in [1.165, 1.54) is 7.11 Å². The third kappa shape index (κ3) is 2.58. The number of carbonyl (C=O) groups is 1. The average Bonchev–Trinajstić information content (AvgIpc) is 2.79. The van der Waals surface area contributed by atoms with E-state index in [9.17, 15) is 14.9 Å². The van der Waals surface area contributed by atoms with Gasteiger partial charge in [-0.3, -0.25) is 15.2 Å². The Kier molecular flexibility index (Phi) is 3.65. The topological polar surface area (TPSA) is 110 Å². The van der Waals surface area contributed by atoms with E-state index >= 15 is 0 Å². The van der Waals surface area contributed by atoms with Gasteiger partial charge in [0, 0.05) is 5.69 Å². The molecule has 20 heavy (non-hydrogen) atoms. The van der Waals surface area contributed by atoms with Gasteiger partial charge in [0.1, 0.15) is 5.69 Å². The molecule has 1 aromatic carbocycles. The molecule has 104 valence electrons.